The first-order chi connectivity index (χ1) is 15.3. The molecule has 1 aliphatic heterocycles. The van der Waals surface area contributed by atoms with Gasteiger partial charge in [0.05, 0.1) is 13.7 Å². The molecule has 0 atom stereocenters. The number of sulfonamides is 1. The SMILES string of the molecule is COc1ccc(NC(=O)CN2CCC(CNC(=O)OC(C)(C)C)CC2)cc1S(=O)(=O)N(C)C. The summed E-state index contributed by atoms with van der Waals surface area (Å²) in [4.78, 5) is 26.4. The number of carbonyl (C=O) groups is 2. The molecule has 0 bridgehead atoms. The molecule has 10 nitrogen and oxygen atoms in total. The van der Waals surface area contributed by atoms with Gasteiger partial charge in [-0.1, -0.05) is 0 Å². The fourth-order valence-electron chi connectivity index (χ4n) is 3.45. The van der Waals surface area contributed by atoms with Crippen molar-refractivity contribution in [3.63, 3.8) is 0 Å². The average molecular weight is 485 g/mol. The van der Waals surface area contributed by atoms with Crippen molar-refractivity contribution in [2.24, 2.45) is 5.92 Å². The lowest BCUT2D eigenvalue weighted by Gasteiger charge is -2.31. The molecule has 0 unspecified atom stereocenters. The van der Waals surface area contributed by atoms with E-state index < -0.39 is 21.7 Å². The van der Waals surface area contributed by atoms with Gasteiger partial charge in [-0.2, -0.15) is 0 Å². The molecule has 186 valence electrons. The molecule has 0 spiro atoms. The molecule has 1 aromatic carbocycles. The normalized spacial score (nSPS) is 15.8. The Morgan fingerprint density at radius 1 is 1.18 bits per heavy atom. The highest BCUT2D eigenvalue weighted by atomic mass is 32.2. The predicted molar refractivity (Wildman–Crippen MR) is 126 cm³/mol. The van der Waals surface area contributed by atoms with E-state index in [0.29, 0.717) is 18.2 Å². The minimum absolute atomic E-state index is 0.00824. The minimum atomic E-state index is -3.73. The van der Waals surface area contributed by atoms with Crippen LogP contribution in [-0.4, -0.2) is 82.6 Å². The van der Waals surface area contributed by atoms with Crippen LogP contribution in [0.3, 0.4) is 0 Å². The molecule has 0 saturated carbocycles. The molecule has 2 amide bonds. The molecule has 1 aromatic rings. The van der Waals surface area contributed by atoms with Crippen LogP contribution in [0.5, 0.6) is 5.75 Å². The number of benzene rings is 1. The van der Waals surface area contributed by atoms with E-state index >= 15 is 0 Å². The van der Waals surface area contributed by atoms with Gasteiger partial charge in [0.2, 0.25) is 15.9 Å². The van der Waals surface area contributed by atoms with Crippen molar-refractivity contribution in [2.75, 3.05) is 52.7 Å². The lowest BCUT2D eigenvalue weighted by Crippen LogP contribution is -2.42. The van der Waals surface area contributed by atoms with Crippen LogP contribution in [0, 0.1) is 5.92 Å². The first-order valence-electron chi connectivity index (χ1n) is 10.9. The van der Waals surface area contributed by atoms with Crippen molar-refractivity contribution in [1.82, 2.24) is 14.5 Å². The largest absolute Gasteiger partial charge is 0.495 e. The van der Waals surface area contributed by atoms with Crippen LogP contribution < -0.4 is 15.4 Å². The highest BCUT2D eigenvalue weighted by Crippen LogP contribution is 2.29. The zero-order valence-corrected chi connectivity index (χ0v) is 21.1. The number of nitrogens with zero attached hydrogens (tertiary/aromatic N) is 2. The Morgan fingerprint density at radius 2 is 1.82 bits per heavy atom. The van der Waals surface area contributed by atoms with Crippen molar-refractivity contribution in [3.05, 3.63) is 18.2 Å². The standard InChI is InChI=1S/C22H36N4O6S/c1-22(2,3)32-21(28)23-14-16-9-11-26(12-10-16)15-20(27)24-17-7-8-18(31-6)19(13-17)33(29,30)25(4)5/h7-8,13,16H,9-12,14-15H2,1-6H3,(H,23,28)(H,24,27). The molecule has 2 N–H and O–H groups in total. The molecule has 11 heteroatoms. The van der Waals surface area contributed by atoms with Crippen LogP contribution >= 0.6 is 0 Å². The third kappa shape index (κ3) is 8.17. The molecule has 1 aliphatic rings. The monoisotopic (exact) mass is 484 g/mol. The number of hydrogen-bond acceptors (Lipinski definition) is 7. The maximum atomic E-state index is 12.6. The number of hydrogen-bond donors (Lipinski definition) is 2. The Hall–Kier alpha value is -2.37. The second-order valence-electron chi connectivity index (χ2n) is 9.30. The molecule has 0 aliphatic carbocycles. The number of carbonyl (C=O) groups excluding carboxylic acids is 2. The molecule has 1 saturated heterocycles. The average Bonchev–Trinajstić information content (AvgIpc) is 2.71. The molecule has 1 fully saturated rings. The quantitative estimate of drug-likeness (QED) is 0.580. The van der Waals surface area contributed by atoms with Crippen molar-refractivity contribution in [1.29, 1.82) is 0 Å². The third-order valence-corrected chi connectivity index (χ3v) is 7.05. The summed E-state index contributed by atoms with van der Waals surface area (Å²) in [5.74, 6) is 0.319. The van der Waals surface area contributed by atoms with Crippen LogP contribution in [0.25, 0.3) is 0 Å². The van der Waals surface area contributed by atoms with Crippen molar-refractivity contribution >= 4 is 27.7 Å². The summed E-state index contributed by atoms with van der Waals surface area (Å²) in [5.41, 5.74) is -0.139. The second-order valence-corrected chi connectivity index (χ2v) is 11.4. The van der Waals surface area contributed by atoms with Crippen molar-refractivity contribution in [2.45, 2.75) is 44.1 Å². The van der Waals surface area contributed by atoms with E-state index in [1.165, 1.54) is 33.3 Å². The topological polar surface area (TPSA) is 117 Å². The summed E-state index contributed by atoms with van der Waals surface area (Å²) in [6, 6.07) is 4.54. The fourth-order valence-corrected chi connectivity index (χ4v) is 4.52. The molecular formula is C22H36N4O6S. The highest BCUT2D eigenvalue weighted by Gasteiger charge is 2.25. The zero-order valence-electron chi connectivity index (χ0n) is 20.3. The van der Waals surface area contributed by atoms with Crippen LogP contribution in [0.2, 0.25) is 0 Å². The molecule has 2 rings (SSSR count). The van der Waals surface area contributed by atoms with Crippen molar-refractivity contribution < 1.29 is 27.5 Å². The third-order valence-electron chi connectivity index (χ3n) is 5.21. The second kappa shape index (κ2) is 11.2. The van der Waals surface area contributed by atoms with E-state index in [1.807, 2.05) is 25.7 Å². The van der Waals surface area contributed by atoms with Gasteiger partial charge in [-0.3, -0.25) is 9.69 Å². The predicted octanol–water partition coefficient (Wildman–Crippen LogP) is 2.12. The summed E-state index contributed by atoms with van der Waals surface area (Å²) in [6.45, 7) is 7.68. The van der Waals surface area contributed by atoms with Gasteiger partial charge in [-0.15, -0.1) is 0 Å². The van der Waals surface area contributed by atoms with E-state index in [-0.39, 0.29) is 23.1 Å². The number of likely N-dealkylation sites (tertiary alicyclic amines) is 1. The van der Waals surface area contributed by atoms with Crippen molar-refractivity contribution in [3.8, 4) is 5.75 Å². The van der Waals surface area contributed by atoms with Gasteiger partial charge in [0.15, 0.2) is 0 Å². The number of amides is 2. The number of alkyl carbamates (subject to hydrolysis) is 1. The highest BCUT2D eigenvalue weighted by molar-refractivity contribution is 7.89. The van der Waals surface area contributed by atoms with Crippen LogP contribution in [0.1, 0.15) is 33.6 Å². The summed E-state index contributed by atoms with van der Waals surface area (Å²) >= 11 is 0. The van der Waals surface area contributed by atoms with E-state index in [0.717, 1.165) is 30.2 Å². The first kappa shape index (κ1) is 26.9. The summed E-state index contributed by atoms with van der Waals surface area (Å²) in [5, 5.41) is 5.58. The lowest BCUT2D eigenvalue weighted by molar-refractivity contribution is -0.117. The van der Waals surface area contributed by atoms with E-state index in [2.05, 4.69) is 10.6 Å². The number of methoxy groups -OCH3 is 1. The number of piperidine rings is 1. The Bertz CT molecular complexity index is 935. The molecule has 33 heavy (non-hydrogen) atoms. The molecular weight excluding hydrogens is 448 g/mol. The zero-order chi connectivity index (χ0) is 24.8. The Balaban J connectivity index is 1.86. The van der Waals surface area contributed by atoms with Crippen LogP contribution in [0.15, 0.2) is 23.1 Å². The summed E-state index contributed by atoms with van der Waals surface area (Å²) < 4.78 is 36.6. The van der Waals surface area contributed by atoms with Gasteiger partial charge in [0.25, 0.3) is 0 Å². The summed E-state index contributed by atoms with van der Waals surface area (Å²) in [6.07, 6.45) is 1.30. The van der Waals surface area contributed by atoms with E-state index in [4.69, 9.17) is 9.47 Å². The Labute approximate surface area is 196 Å². The van der Waals surface area contributed by atoms with Gasteiger partial charge in [-0.05, 0) is 70.8 Å². The van der Waals surface area contributed by atoms with E-state index in [1.54, 1.807) is 6.07 Å². The Kier molecular flexibility index (Phi) is 9.10. The number of nitrogens with one attached hydrogen (secondary N) is 2. The first-order valence-corrected chi connectivity index (χ1v) is 12.4. The smallest absolute Gasteiger partial charge is 0.407 e. The van der Waals surface area contributed by atoms with Gasteiger partial charge in [-0.25, -0.2) is 17.5 Å². The molecule has 0 aromatic heterocycles. The van der Waals surface area contributed by atoms with Gasteiger partial charge >= 0.3 is 6.09 Å². The fraction of sp³-hybridized carbons (Fsp3) is 0.636. The number of anilines is 1. The van der Waals surface area contributed by atoms with Gasteiger partial charge < -0.3 is 20.1 Å². The van der Waals surface area contributed by atoms with Gasteiger partial charge in [0, 0.05) is 26.3 Å². The minimum Gasteiger partial charge on any atom is -0.495 e. The number of ether oxygens (including phenoxy) is 2. The maximum absolute atomic E-state index is 12.6. The van der Waals surface area contributed by atoms with E-state index in [9.17, 15) is 18.0 Å². The van der Waals surface area contributed by atoms with Crippen LogP contribution in [-0.2, 0) is 19.6 Å². The summed E-state index contributed by atoms with van der Waals surface area (Å²) in [7, 11) is 0.547. The lowest BCUT2D eigenvalue weighted by atomic mass is 9.97. The molecule has 1 heterocycles. The maximum Gasteiger partial charge on any atom is 0.407 e. The Morgan fingerprint density at radius 3 is 2.36 bits per heavy atom. The number of rotatable bonds is 8. The molecule has 0 radical (unpaired) electrons. The van der Waals surface area contributed by atoms with Crippen LogP contribution in [0.4, 0.5) is 10.5 Å². The van der Waals surface area contributed by atoms with Gasteiger partial charge in [0.1, 0.15) is 16.2 Å².